The van der Waals surface area contributed by atoms with E-state index in [1.54, 1.807) is 12.1 Å². The van der Waals surface area contributed by atoms with Crippen LogP contribution >= 0.6 is 0 Å². The molecule has 0 unspecified atom stereocenters. The van der Waals surface area contributed by atoms with Gasteiger partial charge in [0.15, 0.2) is 0 Å². The first-order chi connectivity index (χ1) is 9.34. The number of halogens is 5. The molecule has 0 aliphatic carbocycles. The number of benzene rings is 2. The summed E-state index contributed by atoms with van der Waals surface area (Å²) in [5.41, 5.74) is 0. The van der Waals surface area contributed by atoms with E-state index in [4.69, 9.17) is 0 Å². The van der Waals surface area contributed by atoms with Crippen LogP contribution in [0.15, 0.2) is 60.7 Å². The molecular weight excluding hydrogens is 472 g/mol. The van der Waals surface area contributed by atoms with Crippen LogP contribution in [0.3, 0.4) is 0 Å². The maximum atomic E-state index is 13.9. The Labute approximate surface area is 120 Å². The molecule has 106 valence electrons. The topological polar surface area (TPSA) is 0 Å². The summed E-state index contributed by atoms with van der Waals surface area (Å²) in [6.45, 7) is 0. The first kappa shape index (κ1) is 15.4. The zero-order valence-corrected chi connectivity index (χ0v) is 13.6. The molecule has 0 atom stereocenters. The molecule has 0 heterocycles. The van der Waals surface area contributed by atoms with Crippen molar-refractivity contribution in [1.82, 2.24) is 0 Å². The van der Waals surface area contributed by atoms with Crippen molar-refractivity contribution < 1.29 is 22.0 Å². The van der Waals surface area contributed by atoms with Crippen LogP contribution in [0.25, 0.3) is 0 Å². The molecule has 6 heteroatoms. The Morgan fingerprint density at radius 3 is 1.25 bits per heavy atom. The molecule has 0 radical (unpaired) electrons. The molecule has 2 rings (SSSR count). The average molecular weight is 482 g/mol. The standard InChI is InChI=1S/2C6H5.C2F5.Bi/c2*1-2-4-6-5-3-1;3-1(4)2(5,6)7;/h2*1-5H;;. The van der Waals surface area contributed by atoms with Crippen molar-refractivity contribution in [3.8, 4) is 0 Å². The summed E-state index contributed by atoms with van der Waals surface area (Å²) in [6, 6.07) is 14.6. The van der Waals surface area contributed by atoms with Crippen molar-refractivity contribution in [3.63, 3.8) is 0 Å². The quantitative estimate of drug-likeness (QED) is 0.467. The Morgan fingerprint density at radius 1 is 0.600 bits per heavy atom. The van der Waals surface area contributed by atoms with Gasteiger partial charge in [-0.15, -0.1) is 0 Å². The van der Waals surface area contributed by atoms with Crippen LogP contribution in [0.4, 0.5) is 22.0 Å². The Bertz CT molecular complexity index is 511. The van der Waals surface area contributed by atoms with E-state index in [-0.39, 0.29) is 6.54 Å². The monoisotopic (exact) mass is 482 g/mol. The van der Waals surface area contributed by atoms with Gasteiger partial charge in [-0.2, -0.15) is 0 Å². The third-order valence-corrected chi connectivity index (χ3v) is 12.2. The SMILES string of the molecule is FC(F)(F)[C](F)(F)[Bi]([c]1ccccc1)[c]1ccccc1. The number of rotatable bonds is 3. The molecule has 2 aromatic carbocycles. The molecule has 0 aliphatic rings. The predicted molar refractivity (Wildman–Crippen MR) is 68.9 cm³/mol. The van der Waals surface area contributed by atoms with Crippen molar-refractivity contribution in [1.29, 1.82) is 0 Å². The predicted octanol–water partition coefficient (Wildman–Crippen LogP) is 3.03. The molecule has 0 aliphatic heterocycles. The first-order valence-corrected chi connectivity index (χ1v) is 10.9. The van der Waals surface area contributed by atoms with Gasteiger partial charge >= 0.3 is 121 Å². The molecule has 0 nitrogen and oxygen atoms in total. The van der Waals surface area contributed by atoms with Crippen LogP contribution in [-0.2, 0) is 0 Å². The zero-order chi connectivity index (χ0) is 14.8. The second kappa shape index (κ2) is 5.76. The van der Waals surface area contributed by atoms with Gasteiger partial charge in [0, 0.05) is 0 Å². The van der Waals surface area contributed by atoms with E-state index in [1.165, 1.54) is 48.5 Å². The maximum absolute atomic E-state index is 13.9. The van der Waals surface area contributed by atoms with E-state index in [0.29, 0.717) is 0 Å². The van der Waals surface area contributed by atoms with E-state index in [2.05, 4.69) is 0 Å². The van der Waals surface area contributed by atoms with Gasteiger partial charge in [0.2, 0.25) is 0 Å². The van der Waals surface area contributed by atoms with Crippen LogP contribution in [0.2, 0.25) is 0 Å². The number of alkyl halides is 5. The second-order valence-corrected chi connectivity index (χ2v) is 12.9. The summed E-state index contributed by atoms with van der Waals surface area (Å²) in [5.74, 6) is 0. The fourth-order valence-electron chi connectivity index (χ4n) is 1.75. The van der Waals surface area contributed by atoms with Crippen molar-refractivity contribution in [2.45, 2.75) is 9.81 Å². The number of hydrogen-bond donors (Lipinski definition) is 0. The summed E-state index contributed by atoms with van der Waals surface area (Å²) < 4.78 is 61.8. The van der Waals surface area contributed by atoms with Crippen LogP contribution < -0.4 is 6.54 Å². The third-order valence-electron chi connectivity index (χ3n) is 2.65. The van der Waals surface area contributed by atoms with E-state index in [1.807, 2.05) is 0 Å². The molecule has 20 heavy (non-hydrogen) atoms. The molecule has 0 bridgehead atoms. The van der Waals surface area contributed by atoms with Gasteiger partial charge in [-0.25, -0.2) is 0 Å². The van der Waals surface area contributed by atoms with Crippen molar-refractivity contribution in [2.24, 2.45) is 0 Å². The Kier molecular flexibility index (Phi) is 4.43. The second-order valence-electron chi connectivity index (χ2n) is 4.05. The molecule has 0 saturated heterocycles. The summed E-state index contributed by atoms with van der Waals surface area (Å²) in [4.78, 5) is 0. The minimum absolute atomic E-state index is 0.135. The average Bonchev–Trinajstić information content (AvgIpc) is 2.40. The summed E-state index contributed by atoms with van der Waals surface area (Å²) in [5, 5.41) is 0. The van der Waals surface area contributed by atoms with Gasteiger partial charge in [0.25, 0.3) is 0 Å². The molecule has 0 fully saturated rings. The van der Waals surface area contributed by atoms with Gasteiger partial charge in [-0.1, -0.05) is 0 Å². The van der Waals surface area contributed by atoms with Gasteiger partial charge in [0.1, 0.15) is 0 Å². The minimum atomic E-state index is -5.52. The molecule has 0 amide bonds. The van der Waals surface area contributed by atoms with Gasteiger partial charge in [-0.3, -0.25) is 0 Å². The molecule has 0 aromatic heterocycles. The Hall–Kier alpha value is -1.03. The third kappa shape index (κ3) is 3.00. The van der Waals surface area contributed by atoms with Gasteiger partial charge in [-0.05, 0) is 0 Å². The van der Waals surface area contributed by atoms with Gasteiger partial charge in [0.05, 0.1) is 0 Å². The molecule has 2 aromatic rings. The summed E-state index contributed by atoms with van der Waals surface area (Å²) in [6.07, 6.45) is -5.52. The fourth-order valence-corrected chi connectivity index (χ4v) is 10.1. The Balaban J connectivity index is 2.57. The zero-order valence-electron chi connectivity index (χ0n) is 10.1. The van der Waals surface area contributed by atoms with Crippen LogP contribution in [0, 0.1) is 0 Å². The molecule has 0 N–H and O–H groups in total. The Morgan fingerprint density at radius 2 is 0.950 bits per heavy atom. The van der Waals surface area contributed by atoms with Crippen molar-refractivity contribution in [3.05, 3.63) is 60.7 Å². The summed E-state index contributed by atoms with van der Waals surface area (Å²) in [7, 11) is 0. The molecule has 0 spiro atoms. The van der Waals surface area contributed by atoms with Crippen molar-refractivity contribution in [2.75, 3.05) is 0 Å². The van der Waals surface area contributed by atoms with Crippen LogP contribution in [-0.4, -0.2) is 31.6 Å². The van der Waals surface area contributed by atoms with Crippen LogP contribution in [0.5, 0.6) is 0 Å². The summed E-state index contributed by atoms with van der Waals surface area (Å²) >= 11 is -4.53. The normalized spacial score (nSPS) is 12.7. The van der Waals surface area contributed by atoms with E-state index in [0.717, 1.165) is 0 Å². The van der Waals surface area contributed by atoms with E-state index in [9.17, 15) is 22.0 Å². The first-order valence-electron chi connectivity index (χ1n) is 5.69. The van der Waals surface area contributed by atoms with Crippen molar-refractivity contribution >= 4 is 28.3 Å². The van der Waals surface area contributed by atoms with Gasteiger partial charge < -0.3 is 0 Å². The molecule has 0 saturated carbocycles. The number of hydrogen-bond acceptors (Lipinski definition) is 0. The van der Waals surface area contributed by atoms with E-state index >= 15 is 0 Å². The van der Waals surface area contributed by atoms with E-state index < -0.39 is 31.6 Å². The fraction of sp³-hybridized carbons (Fsp3) is 0.143. The van der Waals surface area contributed by atoms with Crippen LogP contribution in [0.1, 0.15) is 0 Å². The molecular formula is C14H10BiF5.